The third-order valence-electron chi connectivity index (χ3n) is 5.07. The van der Waals surface area contributed by atoms with Gasteiger partial charge in [-0.3, -0.25) is 9.69 Å². The molecule has 4 rings (SSSR count). The number of carbonyl (C=O) groups excluding carboxylic acids is 2. The van der Waals surface area contributed by atoms with E-state index in [9.17, 15) is 14.0 Å². The molecule has 1 fully saturated rings. The first-order valence-corrected chi connectivity index (χ1v) is 9.05. The van der Waals surface area contributed by atoms with Gasteiger partial charge in [-0.2, -0.15) is 0 Å². The highest BCUT2D eigenvalue weighted by Crippen LogP contribution is 2.39. The Bertz CT molecular complexity index is 946. The van der Waals surface area contributed by atoms with E-state index in [1.165, 1.54) is 25.3 Å². The molecule has 1 saturated heterocycles. The maximum absolute atomic E-state index is 13.0. The Morgan fingerprint density at radius 1 is 1.25 bits per heavy atom. The molecule has 0 atom stereocenters. The molecule has 0 unspecified atom stereocenters. The van der Waals surface area contributed by atoms with Gasteiger partial charge in [0.2, 0.25) is 0 Å². The van der Waals surface area contributed by atoms with Crippen LogP contribution in [0, 0.1) is 5.82 Å². The third-order valence-corrected chi connectivity index (χ3v) is 5.07. The summed E-state index contributed by atoms with van der Waals surface area (Å²) in [5, 5.41) is 0. The van der Waals surface area contributed by atoms with Crippen LogP contribution in [0.25, 0.3) is 6.08 Å². The number of ether oxygens (including phenoxy) is 2. The number of benzene rings is 2. The number of nitrogens with zero attached hydrogens (tertiary/aromatic N) is 1. The monoisotopic (exact) mass is 381 g/mol. The zero-order chi connectivity index (χ0) is 19.7. The molecule has 28 heavy (non-hydrogen) atoms. The van der Waals surface area contributed by atoms with Gasteiger partial charge >= 0.3 is 5.97 Å². The van der Waals surface area contributed by atoms with Crippen LogP contribution in [0.1, 0.15) is 27.9 Å². The van der Waals surface area contributed by atoms with Crippen molar-refractivity contribution in [1.82, 2.24) is 4.90 Å². The van der Waals surface area contributed by atoms with Gasteiger partial charge in [-0.25, -0.2) is 9.18 Å². The minimum Gasteiger partial charge on any atom is -0.483 e. The number of hydrogen-bond donors (Lipinski definition) is 0. The van der Waals surface area contributed by atoms with Crippen LogP contribution in [0.4, 0.5) is 4.39 Å². The fraction of sp³-hybridized carbons (Fsp3) is 0.273. The fourth-order valence-electron chi connectivity index (χ4n) is 3.75. The Morgan fingerprint density at radius 2 is 2.00 bits per heavy atom. The van der Waals surface area contributed by atoms with Crippen LogP contribution in [0.3, 0.4) is 0 Å². The van der Waals surface area contributed by atoms with E-state index in [1.807, 2.05) is 0 Å². The summed E-state index contributed by atoms with van der Waals surface area (Å²) in [6.45, 7) is 2.00. The van der Waals surface area contributed by atoms with Crippen molar-refractivity contribution in [3.63, 3.8) is 0 Å². The van der Waals surface area contributed by atoms with Gasteiger partial charge in [0.1, 0.15) is 17.2 Å². The second kappa shape index (κ2) is 7.20. The lowest BCUT2D eigenvalue weighted by molar-refractivity contribution is -0.134. The van der Waals surface area contributed by atoms with Crippen molar-refractivity contribution in [1.29, 1.82) is 0 Å². The molecule has 2 heterocycles. The number of esters is 1. The fourth-order valence-corrected chi connectivity index (χ4v) is 3.75. The standard InChI is InChI=1S/C22H20FNO4/c1-27-21(26)9-5-15-4-8-20-18(10-15)19(25)11-22(28-20)13-24(14-22)12-16-2-6-17(23)7-3-16/h2-10H,11-14H2,1H3/b9-5+. The van der Waals surface area contributed by atoms with E-state index >= 15 is 0 Å². The third kappa shape index (κ3) is 3.68. The molecule has 0 saturated carbocycles. The van der Waals surface area contributed by atoms with Crippen molar-refractivity contribution in [3.8, 4) is 5.75 Å². The molecule has 5 nitrogen and oxygen atoms in total. The highest BCUT2D eigenvalue weighted by molar-refractivity contribution is 6.01. The molecule has 2 aromatic carbocycles. The van der Waals surface area contributed by atoms with Gasteiger partial charge < -0.3 is 9.47 Å². The molecule has 0 radical (unpaired) electrons. The summed E-state index contributed by atoms with van der Waals surface area (Å²) in [6, 6.07) is 11.8. The summed E-state index contributed by atoms with van der Waals surface area (Å²) >= 11 is 0. The molecule has 2 aromatic rings. The molecule has 1 spiro atoms. The number of likely N-dealkylation sites (tertiary alicyclic amines) is 1. The molecule has 144 valence electrons. The van der Waals surface area contributed by atoms with Crippen molar-refractivity contribution in [2.45, 2.75) is 18.6 Å². The van der Waals surface area contributed by atoms with Crippen LogP contribution in [0.5, 0.6) is 5.75 Å². The summed E-state index contributed by atoms with van der Waals surface area (Å²) in [5.41, 5.74) is 1.81. The molecule has 2 aliphatic heterocycles. The van der Waals surface area contributed by atoms with E-state index in [-0.39, 0.29) is 11.6 Å². The summed E-state index contributed by atoms with van der Waals surface area (Å²) in [5.74, 6) is -0.0821. The van der Waals surface area contributed by atoms with Crippen LogP contribution in [0.2, 0.25) is 0 Å². The molecule has 0 bridgehead atoms. The number of Topliss-reactive ketones (excluding diaryl/α,β-unsaturated/α-hetero) is 1. The average molecular weight is 381 g/mol. The Balaban J connectivity index is 1.43. The van der Waals surface area contributed by atoms with Gasteiger partial charge in [0, 0.05) is 25.7 Å². The Labute approximate surface area is 162 Å². The number of ketones is 1. The Morgan fingerprint density at radius 3 is 2.71 bits per heavy atom. The topological polar surface area (TPSA) is 55.8 Å². The van der Waals surface area contributed by atoms with Gasteiger partial charge in [0.15, 0.2) is 5.78 Å². The van der Waals surface area contributed by atoms with Crippen molar-refractivity contribution < 1.29 is 23.5 Å². The normalized spacial score (nSPS) is 17.9. The summed E-state index contributed by atoms with van der Waals surface area (Å²) in [4.78, 5) is 26.1. The van der Waals surface area contributed by atoms with Crippen molar-refractivity contribution in [2.75, 3.05) is 20.2 Å². The first-order valence-electron chi connectivity index (χ1n) is 9.05. The molecular formula is C22H20FNO4. The number of halogens is 1. The highest BCUT2D eigenvalue weighted by atomic mass is 19.1. The smallest absolute Gasteiger partial charge is 0.330 e. The number of rotatable bonds is 4. The lowest BCUT2D eigenvalue weighted by atomic mass is 9.83. The van der Waals surface area contributed by atoms with Crippen LogP contribution >= 0.6 is 0 Å². The second-order valence-electron chi connectivity index (χ2n) is 7.27. The largest absolute Gasteiger partial charge is 0.483 e. The predicted molar refractivity (Wildman–Crippen MR) is 101 cm³/mol. The number of methoxy groups -OCH3 is 1. The highest BCUT2D eigenvalue weighted by Gasteiger charge is 2.49. The van der Waals surface area contributed by atoms with Gasteiger partial charge in [-0.1, -0.05) is 18.2 Å². The minimum atomic E-state index is -0.493. The number of fused-ring (bicyclic) bond motifs is 1. The van der Waals surface area contributed by atoms with E-state index < -0.39 is 11.6 Å². The first-order chi connectivity index (χ1) is 13.5. The Hall–Kier alpha value is -2.99. The van der Waals surface area contributed by atoms with Gasteiger partial charge in [0.25, 0.3) is 0 Å². The molecule has 0 N–H and O–H groups in total. The van der Waals surface area contributed by atoms with Crippen LogP contribution in [-0.4, -0.2) is 42.5 Å². The quantitative estimate of drug-likeness (QED) is 0.601. The van der Waals surface area contributed by atoms with Gasteiger partial charge in [0.05, 0.1) is 19.1 Å². The summed E-state index contributed by atoms with van der Waals surface area (Å²) in [7, 11) is 1.31. The average Bonchev–Trinajstić information content (AvgIpc) is 2.67. The maximum Gasteiger partial charge on any atom is 0.330 e. The van der Waals surface area contributed by atoms with Crippen LogP contribution < -0.4 is 4.74 Å². The lowest BCUT2D eigenvalue weighted by Crippen LogP contribution is -2.66. The zero-order valence-electron chi connectivity index (χ0n) is 15.5. The SMILES string of the molecule is COC(=O)/C=C/c1ccc2c(c1)C(=O)CC1(CN(Cc3ccc(F)cc3)C1)O2. The molecular weight excluding hydrogens is 361 g/mol. The molecule has 0 amide bonds. The van der Waals surface area contributed by atoms with Gasteiger partial charge in [-0.15, -0.1) is 0 Å². The second-order valence-corrected chi connectivity index (χ2v) is 7.27. The van der Waals surface area contributed by atoms with E-state index in [0.29, 0.717) is 37.4 Å². The van der Waals surface area contributed by atoms with E-state index in [4.69, 9.17) is 4.74 Å². The van der Waals surface area contributed by atoms with Crippen molar-refractivity contribution >= 4 is 17.8 Å². The molecule has 0 aliphatic carbocycles. The van der Waals surface area contributed by atoms with Crippen molar-refractivity contribution in [3.05, 3.63) is 71.0 Å². The first kappa shape index (κ1) is 18.4. The molecule has 0 aromatic heterocycles. The number of hydrogen-bond acceptors (Lipinski definition) is 5. The van der Waals surface area contributed by atoms with Crippen LogP contribution in [-0.2, 0) is 16.1 Å². The summed E-state index contributed by atoms with van der Waals surface area (Å²) in [6.07, 6.45) is 3.25. The van der Waals surface area contributed by atoms with Crippen molar-refractivity contribution in [2.24, 2.45) is 0 Å². The molecule has 2 aliphatic rings. The predicted octanol–water partition coefficient (Wildman–Crippen LogP) is 3.23. The van der Waals surface area contributed by atoms with E-state index in [0.717, 1.165) is 11.1 Å². The number of carbonyl (C=O) groups is 2. The lowest BCUT2D eigenvalue weighted by Gasteiger charge is -2.51. The Kier molecular flexibility index (Phi) is 4.73. The minimum absolute atomic E-state index is 0.0380. The summed E-state index contributed by atoms with van der Waals surface area (Å²) < 4.78 is 23.8. The van der Waals surface area contributed by atoms with E-state index in [1.54, 1.807) is 36.4 Å². The van der Waals surface area contributed by atoms with Gasteiger partial charge in [-0.05, 0) is 41.5 Å². The van der Waals surface area contributed by atoms with E-state index in [2.05, 4.69) is 9.64 Å². The van der Waals surface area contributed by atoms with Crippen LogP contribution in [0.15, 0.2) is 48.5 Å². The molecule has 6 heteroatoms. The maximum atomic E-state index is 13.0. The zero-order valence-corrected chi connectivity index (χ0v) is 15.5.